The van der Waals surface area contributed by atoms with E-state index in [4.69, 9.17) is 10.5 Å². The molecule has 0 bridgehead atoms. The Labute approximate surface area is 89.2 Å². The van der Waals surface area contributed by atoms with E-state index in [1.165, 1.54) is 12.1 Å². The zero-order chi connectivity index (χ0) is 10.7. The van der Waals surface area contributed by atoms with Gasteiger partial charge in [0.15, 0.2) is 0 Å². The highest BCUT2D eigenvalue weighted by atomic mass is 19.1. The van der Waals surface area contributed by atoms with Crippen LogP contribution in [0.2, 0.25) is 0 Å². The van der Waals surface area contributed by atoms with Crippen molar-refractivity contribution >= 4 is 0 Å². The summed E-state index contributed by atoms with van der Waals surface area (Å²) in [4.78, 5) is 0. The van der Waals surface area contributed by atoms with Crippen molar-refractivity contribution in [1.82, 2.24) is 0 Å². The molecule has 3 heteroatoms. The van der Waals surface area contributed by atoms with E-state index in [9.17, 15) is 4.39 Å². The molecule has 0 radical (unpaired) electrons. The van der Waals surface area contributed by atoms with Gasteiger partial charge in [-0.2, -0.15) is 0 Å². The van der Waals surface area contributed by atoms with Crippen LogP contribution in [0.1, 0.15) is 25.7 Å². The number of benzene rings is 1. The van der Waals surface area contributed by atoms with Crippen LogP contribution in [0.25, 0.3) is 0 Å². The first-order valence-electron chi connectivity index (χ1n) is 5.42. The van der Waals surface area contributed by atoms with E-state index in [-0.39, 0.29) is 11.9 Å². The topological polar surface area (TPSA) is 35.2 Å². The van der Waals surface area contributed by atoms with E-state index < -0.39 is 0 Å². The van der Waals surface area contributed by atoms with Crippen molar-refractivity contribution in [2.24, 2.45) is 5.73 Å². The van der Waals surface area contributed by atoms with E-state index >= 15 is 0 Å². The molecule has 1 aliphatic rings. The number of rotatable bonds is 2. The van der Waals surface area contributed by atoms with Crippen molar-refractivity contribution in [2.45, 2.75) is 37.8 Å². The highest BCUT2D eigenvalue weighted by molar-refractivity contribution is 5.22. The Hall–Kier alpha value is -1.09. The van der Waals surface area contributed by atoms with Crippen molar-refractivity contribution in [3.8, 4) is 5.75 Å². The quantitative estimate of drug-likeness (QED) is 0.812. The standard InChI is InChI=1S/C12H16FNO/c13-9-2-1-3-12(8-9)15-11-6-4-10(14)5-7-11/h1-3,8,10-11H,4-7,14H2/t10-,11-. The van der Waals surface area contributed by atoms with Gasteiger partial charge in [-0.1, -0.05) is 6.07 Å². The Balaban J connectivity index is 1.92. The summed E-state index contributed by atoms with van der Waals surface area (Å²) in [6.45, 7) is 0. The van der Waals surface area contributed by atoms with Gasteiger partial charge in [-0.05, 0) is 37.8 Å². The smallest absolute Gasteiger partial charge is 0.126 e. The van der Waals surface area contributed by atoms with Gasteiger partial charge in [-0.15, -0.1) is 0 Å². The Morgan fingerprint density at radius 1 is 1.20 bits per heavy atom. The minimum absolute atomic E-state index is 0.201. The molecule has 0 spiro atoms. The fourth-order valence-corrected chi connectivity index (χ4v) is 1.94. The molecule has 1 saturated carbocycles. The summed E-state index contributed by atoms with van der Waals surface area (Å²) in [5.74, 6) is 0.371. The maximum absolute atomic E-state index is 12.9. The fourth-order valence-electron chi connectivity index (χ4n) is 1.94. The number of hydrogen-bond acceptors (Lipinski definition) is 2. The van der Waals surface area contributed by atoms with Gasteiger partial charge >= 0.3 is 0 Å². The van der Waals surface area contributed by atoms with Gasteiger partial charge in [-0.3, -0.25) is 0 Å². The minimum Gasteiger partial charge on any atom is -0.490 e. The van der Waals surface area contributed by atoms with E-state index in [0.717, 1.165) is 25.7 Å². The number of nitrogens with two attached hydrogens (primary N) is 1. The molecule has 2 nitrogen and oxygen atoms in total. The predicted octanol–water partition coefficient (Wildman–Crippen LogP) is 2.47. The lowest BCUT2D eigenvalue weighted by Gasteiger charge is -2.26. The van der Waals surface area contributed by atoms with E-state index in [2.05, 4.69) is 0 Å². The van der Waals surface area contributed by atoms with Crippen LogP contribution in [0.5, 0.6) is 5.75 Å². The third-order valence-electron chi connectivity index (χ3n) is 2.82. The minimum atomic E-state index is -0.250. The van der Waals surface area contributed by atoms with Crippen LogP contribution in [0.15, 0.2) is 24.3 Å². The lowest BCUT2D eigenvalue weighted by molar-refractivity contribution is 0.146. The second-order valence-electron chi connectivity index (χ2n) is 4.11. The second kappa shape index (κ2) is 4.62. The average Bonchev–Trinajstić information content (AvgIpc) is 2.22. The molecular formula is C12H16FNO. The number of ether oxygens (including phenoxy) is 1. The van der Waals surface area contributed by atoms with E-state index in [1.807, 2.05) is 0 Å². The number of halogens is 1. The van der Waals surface area contributed by atoms with Gasteiger partial charge in [0.05, 0.1) is 6.10 Å². The van der Waals surface area contributed by atoms with Crippen LogP contribution in [-0.4, -0.2) is 12.1 Å². The van der Waals surface area contributed by atoms with Gasteiger partial charge in [0.2, 0.25) is 0 Å². The van der Waals surface area contributed by atoms with Gasteiger partial charge in [-0.25, -0.2) is 4.39 Å². The second-order valence-corrected chi connectivity index (χ2v) is 4.11. The molecule has 0 heterocycles. The summed E-state index contributed by atoms with van der Waals surface area (Å²) < 4.78 is 18.6. The molecule has 2 N–H and O–H groups in total. The first-order valence-corrected chi connectivity index (χ1v) is 5.42. The van der Waals surface area contributed by atoms with Gasteiger partial charge < -0.3 is 10.5 Å². The molecule has 82 valence electrons. The molecular weight excluding hydrogens is 193 g/mol. The normalized spacial score (nSPS) is 26.3. The zero-order valence-corrected chi connectivity index (χ0v) is 8.66. The van der Waals surface area contributed by atoms with Crippen LogP contribution < -0.4 is 10.5 Å². The molecule has 15 heavy (non-hydrogen) atoms. The molecule has 0 unspecified atom stereocenters. The maximum atomic E-state index is 12.9. The molecule has 1 aromatic rings. The van der Waals surface area contributed by atoms with Crippen LogP contribution in [0.3, 0.4) is 0 Å². The Morgan fingerprint density at radius 2 is 1.93 bits per heavy atom. The summed E-state index contributed by atoms with van der Waals surface area (Å²) in [6.07, 6.45) is 4.14. The Kier molecular flexibility index (Phi) is 3.21. The average molecular weight is 209 g/mol. The lowest BCUT2D eigenvalue weighted by atomic mass is 9.94. The monoisotopic (exact) mass is 209 g/mol. The van der Waals surface area contributed by atoms with Crippen molar-refractivity contribution in [2.75, 3.05) is 0 Å². The first kappa shape index (κ1) is 10.4. The summed E-state index contributed by atoms with van der Waals surface area (Å²) in [5, 5.41) is 0. The first-order chi connectivity index (χ1) is 7.24. The maximum Gasteiger partial charge on any atom is 0.126 e. The summed E-state index contributed by atoms with van der Waals surface area (Å²) >= 11 is 0. The summed E-state index contributed by atoms with van der Waals surface area (Å²) in [5.41, 5.74) is 5.80. The molecule has 0 amide bonds. The van der Waals surface area contributed by atoms with Crippen LogP contribution in [-0.2, 0) is 0 Å². The molecule has 0 atom stereocenters. The summed E-state index contributed by atoms with van der Waals surface area (Å²) in [7, 11) is 0. The SMILES string of the molecule is N[C@H]1CC[C@H](Oc2cccc(F)c2)CC1. The third kappa shape index (κ3) is 2.93. The van der Waals surface area contributed by atoms with Gasteiger partial charge in [0.25, 0.3) is 0 Å². The molecule has 1 aliphatic carbocycles. The number of hydrogen-bond donors (Lipinski definition) is 1. The van der Waals surface area contributed by atoms with E-state index in [0.29, 0.717) is 11.8 Å². The fraction of sp³-hybridized carbons (Fsp3) is 0.500. The molecule has 1 fully saturated rings. The van der Waals surface area contributed by atoms with Gasteiger partial charge in [0.1, 0.15) is 11.6 Å². The Bertz CT molecular complexity index is 321. The van der Waals surface area contributed by atoms with E-state index in [1.54, 1.807) is 12.1 Å². The highest BCUT2D eigenvalue weighted by Gasteiger charge is 2.19. The van der Waals surface area contributed by atoms with Crippen LogP contribution >= 0.6 is 0 Å². The van der Waals surface area contributed by atoms with Gasteiger partial charge in [0, 0.05) is 12.1 Å². The van der Waals surface area contributed by atoms with Crippen molar-refractivity contribution < 1.29 is 9.13 Å². The van der Waals surface area contributed by atoms with Crippen LogP contribution in [0, 0.1) is 5.82 Å². The van der Waals surface area contributed by atoms with Crippen molar-refractivity contribution in [1.29, 1.82) is 0 Å². The molecule has 2 rings (SSSR count). The van der Waals surface area contributed by atoms with Crippen molar-refractivity contribution in [3.05, 3.63) is 30.1 Å². The highest BCUT2D eigenvalue weighted by Crippen LogP contribution is 2.23. The summed E-state index contributed by atoms with van der Waals surface area (Å²) in [6, 6.07) is 6.62. The molecule has 0 aromatic heterocycles. The molecule has 0 saturated heterocycles. The van der Waals surface area contributed by atoms with Crippen LogP contribution in [0.4, 0.5) is 4.39 Å². The molecule has 0 aliphatic heterocycles. The predicted molar refractivity (Wildman–Crippen MR) is 57.3 cm³/mol. The lowest BCUT2D eigenvalue weighted by Crippen LogP contribution is -2.31. The zero-order valence-electron chi connectivity index (χ0n) is 8.66. The van der Waals surface area contributed by atoms with Crippen molar-refractivity contribution in [3.63, 3.8) is 0 Å². The third-order valence-corrected chi connectivity index (χ3v) is 2.82. The molecule has 1 aromatic carbocycles. The Morgan fingerprint density at radius 3 is 2.60 bits per heavy atom. The largest absolute Gasteiger partial charge is 0.490 e.